The lowest BCUT2D eigenvalue weighted by Gasteiger charge is -2.29. The molecule has 0 saturated carbocycles. The van der Waals surface area contributed by atoms with Gasteiger partial charge in [0.15, 0.2) is 9.84 Å². The van der Waals surface area contributed by atoms with E-state index < -0.39 is 15.7 Å². The number of amides is 1. The minimum atomic E-state index is -3.14. The molecule has 0 radical (unpaired) electrons. The number of nitrogens with zero attached hydrogens (tertiary/aromatic N) is 1. The van der Waals surface area contributed by atoms with Crippen LogP contribution in [-0.4, -0.2) is 36.8 Å². The maximum Gasteiger partial charge on any atom is 0.254 e. The summed E-state index contributed by atoms with van der Waals surface area (Å²) in [5, 5.41) is 0. The Bertz CT molecular complexity index is 945. The molecule has 1 aliphatic rings. The summed E-state index contributed by atoms with van der Waals surface area (Å²) < 4.78 is 37.2. The van der Waals surface area contributed by atoms with E-state index in [2.05, 4.69) is 20.8 Å². The van der Waals surface area contributed by atoms with Gasteiger partial charge in [-0.15, -0.1) is 0 Å². The van der Waals surface area contributed by atoms with Gasteiger partial charge in [-0.3, -0.25) is 4.79 Å². The average Bonchev–Trinajstić information content (AvgIpc) is 2.99. The topological polar surface area (TPSA) is 54.5 Å². The molecule has 0 unspecified atom stereocenters. The minimum Gasteiger partial charge on any atom is -0.330 e. The fraction of sp³-hybridized carbons (Fsp3) is 0.409. The number of rotatable bonds is 4. The Morgan fingerprint density at radius 1 is 1.07 bits per heavy atom. The third kappa shape index (κ3) is 4.79. The van der Waals surface area contributed by atoms with Crippen LogP contribution >= 0.6 is 0 Å². The van der Waals surface area contributed by atoms with Gasteiger partial charge in [0.25, 0.3) is 5.91 Å². The van der Waals surface area contributed by atoms with Crippen molar-refractivity contribution in [1.82, 2.24) is 4.90 Å². The second-order valence-electron chi connectivity index (χ2n) is 8.44. The molecular weight excluding hydrogens is 377 g/mol. The van der Waals surface area contributed by atoms with E-state index in [0.717, 1.165) is 5.56 Å². The van der Waals surface area contributed by atoms with E-state index in [1.54, 1.807) is 4.90 Å². The Balaban J connectivity index is 1.88. The quantitative estimate of drug-likeness (QED) is 0.777. The van der Waals surface area contributed by atoms with Gasteiger partial charge in [0.1, 0.15) is 5.82 Å². The Morgan fingerprint density at radius 2 is 1.68 bits per heavy atom. The van der Waals surface area contributed by atoms with E-state index in [1.807, 2.05) is 24.3 Å². The molecule has 3 rings (SSSR count). The molecule has 0 bridgehead atoms. The van der Waals surface area contributed by atoms with Crippen molar-refractivity contribution >= 4 is 15.7 Å². The molecule has 1 fully saturated rings. The van der Waals surface area contributed by atoms with Gasteiger partial charge in [-0.25, -0.2) is 12.8 Å². The van der Waals surface area contributed by atoms with E-state index in [9.17, 15) is 17.6 Å². The molecule has 2 aromatic rings. The normalized spacial score (nSPS) is 18.8. The van der Waals surface area contributed by atoms with Crippen LogP contribution in [0.5, 0.6) is 0 Å². The molecule has 0 aromatic heterocycles. The van der Waals surface area contributed by atoms with Gasteiger partial charge in [0.05, 0.1) is 11.5 Å². The fourth-order valence-corrected chi connectivity index (χ4v) is 5.18. The predicted octanol–water partition coefficient (Wildman–Crippen LogP) is 3.95. The lowest BCUT2D eigenvalue weighted by Crippen LogP contribution is -2.40. The summed E-state index contributed by atoms with van der Waals surface area (Å²) in [6.45, 7) is 6.72. The molecule has 6 heteroatoms. The zero-order chi connectivity index (χ0) is 20.5. The first kappa shape index (κ1) is 20.5. The van der Waals surface area contributed by atoms with Crippen LogP contribution in [0.15, 0.2) is 48.5 Å². The summed E-state index contributed by atoms with van der Waals surface area (Å²) >= 11 is 0. The summed E-state index contributed by atoms with van der Waals surface area (Å²) in [5.74, 6) is -0.625. The van der Waals surface area contributed by atoms with E-state index >= 15 is 0 Å². The third-order valence-corrected chi connectivity index (χ3v) is 6.92. The third-order valence-electron chi connectivity index (χ3n) is 5.17. The van der Waals surface area contributed by atoms with E-state index in [-0.39, 0.29) is 28.9 Å². The molecule has 150 valence electrons. The van der Waals surface area contributed by atoms with Crippen molar-refractivity contribution in [2.24, 2.45) is 0 Å². The molecule has 0 N–H and O–H groups in total. The van der Waals surface area contributed by atoms with Gasteiger partial charge in [0.2, 0.25) is 0 Å². The Kier molecular flexibility index (Phi) is 5.62. The number of hydrogen-bond donors (Lipinski definition) is 0. The molecule has 1 aliphatic heterocycles. The fourth-order valence-electron chi connectivity index (χ4n) is 3.45. The zero-order valence-corrected chi connectivity index (χ0v) is 17.3. The van der Waals surface area contributed by atoms with E-state index in [1.165, 1.54) is 29.8 Å². The summed E-state index contributed by atoms with van der Waals surface area (Å²) in [6.07, 6.45) is 0.426. The van der Waals surface area contributed by atoms with Crippen molar-refractivity contribution in [3.8, 4) is 0 Å². The van der Waals surface area contributed by atoms with Crippen molar-refractivity contribution in [2.45, 2.75) is 45.2 Å². The van der Waals surface area contributed by atoms with E-state index in [0.29, 0.717) is 18.5 Å². The van der Waals surface area contributed by atoms with Crippen LogP contribution in [0.4, 0.5) is 4.39 Å². The lowest BCUT2D eigenvalue weighted by atomic mass is 9.86. The lowest BCUT2D eigenvalue weighted by molar-refractivity contribution is 0.0681. The first-order valence-corrected chi connectivity index (χ1v) is 11.2. The predicted molar refractivity (Wildman–Crippen MR) is 108 cm³/mol. The molecule has 1 heterocycles. The second kappa shape index (κ2) is 7.66. The van der Waals surface area contributed by atoms with Gasteiger partial charge >= 0.3 is 0 Å². The maximum absolute atomic E-state index is 13.2. The molecule has 0 spiro atoms. The van der Waals surface area contributed by atoms with Crippen molar-refractivity contribution in [3.05, 3.63) is 71.0 Å². The highest BCUT2D eigenvalue weighted by Crippen LogP contribution is 2.25. The van der Waals surface area contributed by atoms with Crippen LogP contribution in [0.25, 0.3) is 0 Å². The molecule has 0 aliphatic carbocycles. The Morgan fingerprint density at radius 3 is 2.18 bits per heavy atom. The summed E-state index contributed by atoms with van der Waals surface area (Å²) in [6, 6.07) is 13.1. The smallest absolute Gasteiger partial charge is 0.254 e. The Labute approximate surface area is 166 Å². The highest BCUT2D eigenvalue weighted by atomic mass is 32.2. The van der Waals surface area contributed by atoms with Gasteiger partial charge in [0, 0.05) is 18.2 Å². The average molecular weight is 404 g/mol. The summed E-state index contributed by atoms with van der Waals surface area (Å²) in [4.78, 5) is 14.7. The molecule has 1 amide bonds. The highest BCUT2D eigenvalue weighted by molar-refractivity contribution is 7.91. The summed E-state index contributed by atoms with van der Waals surface area (Å²) in [5.41, 5.74) is 2.52. The number of carbonyl (C=O) groups excluding carboxylic acids is 1. The molecule has 1 atom stereocenters. The second-order valence-corrected chi connectivity index (χ2v) is 10.7. The van der Waals surface area contributed by atoms with Crippen LogP contribution in [0.1, 0.15) is 48.7 Å². The zero-order valence-electron chi connectivity index (χ0n) is 16.5. The van der Waals surface area contributed by atoms with Gasteiger partial charge in [-0.05, 0) is 47.2 Å². The minimum absolute atomic E-state index is 0.0278. The highest BCUT2D eigenvalue weighted by Gasteiger charge is 2.35. The first-order valence-electron chi connectivity index (χ1n) is 9.41. The van der Waals surface area contributed by atoms with Crippen molar-refractivity contribution in [1.29, 1.82) is 0 Å². The molecule has 2 aromatic carbocycles. The van der Waals surface area contributed by atoms with Crippen molar-refractivity contribution in [3.63, 3.8) is 0 Å². The number of hydrogen-bond acceptors (Lipinski definition) is 3. The largest absolute Gasteiger partial charge is 0.330 e. The van der Waals surface area contributed by atoms with Crippen molar-refractivity contribution in [2.75, 3.05) is 11.5 Å². The van der Waals surface area contributed by atoms with Crippen LogP contribution < -0.4 is 0 Å². The van der Waals surface area contributed by atoms with Crippen LogP contribution in [-0.2, 0) is 21.8 Å². The number of sulfone groups is 1. The van der Waals surface area contributed by atoms with Crippen molar-refractivity contribution < 1.29 is 17.6 Å². The van der Waals surface area contributed by atoms with E-state index in [4.69, 9.17) is 0 Å². The first-order chi connectivity index (χ1) is 13.0. The Hall–Kier alpha value is -2.21. The molecular formula is C22H26FNO3S. The number of carbonyl (C=O) groups is 1. The SMILES string of the molecule is CC(C)(C)c1ccc(CN(C(=O)c2ccc(F)cc2)[C@H]2CCS(=O)(=O)C2)cc1. The van der Waals surface area contributed by atoms with Crippen LogP contribution in [0.3, 0.4) is 0 Å². The van der Waals surface area contributed by atoms with Crippen LogP contribution in [0, 0.1) is 5.82 Å². The van der Waals surface area contributed by atoms with Gasteiger partial charge in [-0.2, -0.15) is 0 Å². The van der Waals surface area contributed by atoms with Gasteiger partial charge < -0.3 is 4.90 Å². The molecule has 1 saturated heterocycles. The monoisotopic (exact) mass is 403 g/mol. The molecule has 4 nitrogen and oxygen atoms in total. The standard InChI is InChI=1S/C22H26FNO3S/c1-22(2,3)18-8-4-16(5-9-18)14-24(20-12-13-28(26,27)15-20)21(25)17-6-10-19(23)11-7-17/h4-11,20H,12-15H2,1-3H3/t20-/m0/s1. The number of halogens is 1. The van der Waals surface area contributed by atoms with Gasteiger partial charge in [-0.1, -0.05) is 45.0 Å². The molecule has 28 heavy (non-hydrogen) atoms. The van der Waals surface area contributed by atoms with Crippen LogP contribution in [0.2, 0.25) is 0 Å². The maximum atomic E-state index is 13.2. The summed E-state index contributed by atoms with van der Waals surface area (Å²) in [7, 11) is -3.14. The number of benzene rings is 2.